The zero-order chi connectivity index (χ0) is 22.8. The van der Waals surface area contributed by atoms with Gasteiger partial charge in [-0.3, -0.25) is 4.79 Å². The second kappa shape index (κ2) is 9.70. The molecule has 0 aromatic carbocycles. The normalized spacial score (nSPS) is 29.6. The van der Waals surface area contributed by atoms with E-state index in [1.165, 1.54) is 0 Å². The first-order chi connectivity index (χ1) is 13.8. The van der Waals surface area contributed by atoms with Crippen molar-refractivity contribution in [1.82, 2.24) is 0 Å². The number of halogens is 6. The number of hydrogen-bond acceptors (Lipinski definition) is 5. The highest BCUT2D eigenvalue weighted by atomic mass is 127. The van der Waals surface area contributed by atoms with Crippen molar-refractivity contribution in [2.45, 2.75) is 81.3 Å². The summed E-state index contributed by atoms with van der Waals surface area (Å²) in [7, 11) is 0. The number of esters is 1. The molecule has 0 radical (unpaired) electrons. The maximum atomic E-state index is 14.6. The van der Waals surface area contributed by atoms with Crippen LogP contribution < -0.4 is 0 Å². The maximum absolute atomic E-state index is 14.6. The van der Waals surface area contributed by atoms with Gasteiger partial charge >= 0.3 is 23.9 Å². The first kappa shape index (κ1) is 26.0. The van der Waals surface area contributed by atoms with Crippen LogP contribution in [0.1, 0.15) is 57.8 Å². The van der Waals surface area contributed by atoms with E-state index in [9.17, 15) is 31.9 Å². The van der Waals surface area contributed by atoms with E-state index in [-0.39, 0.29) is 41.7 Å². The Kier molecular flexibility index (Phi) is 8.40. The molecule has 0 amide bonds. The summed E-state index contributed by atoms with van der Waals surface area (Å²) in [5.41, 5.74) is -3.22. The van der Waals surface area contributed by atoms with Gasteiger partial charge in [0.2, 0.25) is 0 Å². The molecule has 0 aromatic rings. The molecule has 2 saturated carbocycles. The van der Waals surface area contributed by atoms with Crippen LogP contribution in [0.4, 0.5) is 22.0 Å². The smallest absolute Gasteiger partial charge is 0.449 e. The van der Waals surface area contributed by atoms with Gasteiger partial charge in [-0.15, -0.1) is 0 Å². The van der Waals surface area contributed by atoms with Crippen LogP contribution in [-0.4, -0.2) is 55.8 Å². The Labute approximate surface area is 185 Å². The summed E-state index contributed by atoms with van der Waals surface area (Å²) in [6.45, 7) is 0.0786. The molecule has 3 N–H and O–H groups in total. The van der Waals surface area contributed by atoms with Crippen molar-refractivity contribution in [3.8, 4) is 0 Å². The molecule has 0 spiro atoms. The van der Waals surface area contributed by atoms with Crippen molar-refractivity contribution >= 4 is 28.6 Å². The second-order valence-corrected chi connectivity index (χ2v) is 9.33. The molecule has 0 bridgehead atoms. The molecule has 2 aliphatic rings. The molecule has 0 heterocycles. The highest BCUT2D eigenvalue weighted by molar-refractivity contribution is 14.1. The molecule has 5 nitrogen and oxygen atoms in total. The second-order valence-electron chi connectivity index (χ2n) is 8.45. The molecule has 2 fully saturated rings. The van der Waals surface area contributed by atoms with Crippen LogP contribution in [0, 0.1) is 17.8 Å². The molecule has 30 heavy (non-hydrogen) atoms. The Morgan fingerprint density at radius 2 is 1.67 bits per heavy atom. The van der Waals surface area contributed by atoms with E-state index in [4.69, 9.17) is 14.9 Å². The number of rotatable bonds is 7. The summed E-state index contributed by atoms with van der Waals surface area (Å²) in [5.74, 6) is -12.5. The fraction of sp³-hybridized carbons (Fsp3) is 0.947. The molecule has 0 aromatic heterocycles. The molecular weight excluding hydrogens is 530 g/mol. The van der Waals surface area contributed by atoms with Crippen molar-refractivity contribution in [3.63, 3.8) is 0 Å². The molecule has 11 heteroatoms. The first-order valence-electron chi connectivity index (χ1n) is 10.1. The minimum Gasteiger partial charge on any atom is -0.465 e. The third-order valence-corrected chi connectivity index (χ3v) is 7.56. The van der Waals surface area contributed by atoms with Crippen LogP contribution in [0.25, 0.3) is 0 Å². The van der Waals surface area contributed by atoms with Gasteiger partial charge in [-0.1, -0.05) is 41.9 Å². The number of ether oxygens (including phenoxy) is 1. The SMILES string of the molecule is O=C(OCCC1CCC(O)(C(F)(F)C(O)(O)C(F)(F)F)C(CI)C1)C1CCCCC1. The Bertz CT molecular complexity index is 594. The minimum atomic E-state index is -6.04. The minimum absolute atomic E-state index is 0.0378. The van der Waals surface area contributed by atoms with Gasteiger partial charge in [-0.25, -0.2) is 0 Å². The number of aliphatic hydroxyl groups is 3. The van der Waals surface area contributed by atoms with Crippen LogP contribution in [-0.2, 0) is 9.53 Å². The monoisotopic (exact) mass is 558 g/mol. The Hall–Kier alpha value is -0.270. The number of hydrogen-bond donors (Lipinski definition) is 3. The topological polar surface area (TPSA) is 87.0 Å². The molecule has 176 valence electrons. The Balaban J connectivity index is 1.97. The van der Waals surface area contributed by atoms with Crippen LogP contribution >= 0.6 is 22.6 Å². The summed E-state index contributed by atoms with van der Waals surface area (Å²) >= 11 is 1.69. The van der Waals surface area contributed by atoms with Gasteiger partial charge in [-0.2, -0.15) is 22.0 Å². The highest BCUT2D eigenvalue weighted by Gasteiger charge is 2.77. The summed E-state index contributed by atoms with van der Waals surface area (Å²) in [6.07, 6.45) is -1.90. The maximum Gasteiger partial charge on any atom is 0.449 e. The predicted octanol–water partition coefficient (Wildman–Crippen LogP) is 3.96. The van der Waals surface area contributed by atoms with E-state index in [2.05, 4.69) is 0 Å². The largest absolute Gasteiger partial charge is 0.465 e. The van der Waals surface area contributed by atoms with Gasteiger partial charge in [0.25, 0.3) is 0 Å². The average Bonchev–Trinajstić information content (AvgIpc) is 2.68. The van der Waals surface area contributed by atoms with Gasteiger partial charge < -0.3 is 20.1 Å². The molecule has 3 unspecified atom stereocenters. The summed E-state index contributed by atoms with van der Waals surface area (Å²) in [5, 5.41) is 28.8. The number of carbonyl (C=O) groups is 1. The van der Waals surface area contributed by atoms with E-state index in [0.29, 0.717) is 6.42 Å². The van der Waals surface area contributed by atoms with Gasteiger partial charge in [0.05, 0.1) is 12.5 Å². The fourth-order valence-electron chi connectivity index (χ4n) is 4.47. The molecule has 2 rings (SSSR count). The number of alkyl halides is 6. The predicted molar refractivity (Wildman–Crippen MR) is 105 cm³/mol. The van der Waals surface area contributed by atoms with E-state index < -0.39 is 35.8 Å². The zero-order valence-corrected chi connectivity index (χ0v) is 18.6. The standard InChI is InChI=1S/C19H28F5IO5/c20-17(21,18(28,29)19(22,23)24)16(27)8-6-12(10-14(16)11-25)7-9-30-15(26)13-4-2-1-3-5-13/h12-14,27-29H,1-11H2. The third kappa shape index (κ3) is 5.03. The van der Waals surface area contributed by atoms with Crippen LogP contribution in [0.3, 0.4) is 0 Å². The lowest BCUT2D eigenvalue weighted by Gasteiger charge is -2.49. The zero-order valence-electron chi connectivity index (χ0n) is 16.4. The van der Waals surface area contributed by atoms with Gasteiger partial charge in [0.1, 0.15) is 5.60 Å². The van der Waals surface area contributed by atoms with E-state index in [0.717, 1.165) is 32.1 Å². The fourth-order valence-corrected chi connectivity index (χ4v) is 5.56. The summed E-state index contributed by atoms with van der Waals surface area (Å²) in [6, 6.07) is 0. The third-order valence-electron chi connectivity index (χ3n) is 6.50. The lowest BCUT2D eigenvalue weighted by atomic mass is 9.66. The van der Waals surface area contributed by atoms with Crippen molar-refractivity contribution < 1.29 is 46.8 Å². The van der Waals surface area contributed by atoms with Crippen molar-refractivity contribution in [2.24, 2.45) is 17.8 Å². The van der Waals surface area contributed by atoms with Crippen molar-refractivity contribution in [1.29, 1.82) is 0 Å². The van der Waals surface area contributed by atoms with E-state index in [1.54, 1.807) is 22.6 Å². The quantitative estimate of drug-likeness (QED) is 0.145. The summed E-state index contributed by atoms with van der Waals surface area (Å²) < 4.78 is 72.7. The van der Waals surface area contributed by atoms with Crippen LogP contribution in [0.2, 0.25) is 0 Å². The lowest BCUT2D eigenvalue weighted by Crippen LogP contribution is -2.71. The van der Waals surface area contributed by atoms with Gasteiger partial charge in [-0.05, 0) is 44.4 Å². The Morgan fingerprint density at radius 3 is 2.20 bits per heavy atom. The first-order valence-corrected chi connectivity index (χ1v) is 11.6. The molecule has 0 saturated heterocycles. The van der Waals surface area contributed by atoms with Crippen molar-refractivity contribution in [3.05, 3.63) is 0 Å². The average molecular weight is 558 g/mol. The molecule has 0 aliphatic heterocycles. The van der Waals surface area contributed by atoms with Gasteiger partial charge in [0.15, 0.2) is 0 Å². The van der Waals surface area contributed by atoms with Gasteiger partial charge in [0, 0.05) is 10.3 Å². The molecule has 3 atom stereocenters. The summed E-state index contributed by atoms with van der Waals surface area (Å²) in [4.78, 5) is 12.1. The number of carbonyl (C=O) groups excluding carboxylic acids is 1. The Morgan fingerprint density at radius 1 is 1.07 bits per heavy atom. The molecule has 2 aliphatic carbocycles. The van der Waals surface area contributed by atoms with Crippen LogP contribution in [0.5, 0.6) is 0 Å². The molecular formula is C19H28F5IO5. The van der Waals surface area contributed by atoms with Crippen LogP contribution in [0.15, 0.2) is 0 Å². The van der Waals surface area contributed by atoms with E-state index >= 15 is 0 Å². The van der Waals surface area contributed by atoms with Crippen molar-refractivity contribution in [2.75, 3.05) is 11.0 Å². The lowest BCUT2D eigenvalue weighted by molar-refractivity contribution is -0.447. The highest BCUT2D eigenvalue weighted by Crippen LogP contribution is 2.54. The van der Waals surface area contributed by atoms with E-state index in [1.807, 2.05) is 0 Å².